The normalized spacial score (nSPS) is 13.7. The van der Waals surface area contributed by atoms with E-state index >= 15 is 0 Å². The summed E-state index contributed by atoms with van der Waals surface area (Å²) in [4.78, 5) is 0.299. The van der Waals surface area contributed by atoms with Crippen LogP contribution in [0.1, 0.15) is 13.8 Å². The molecule has 0 bridgehead atoms. The number of benzene rings is 1. The van der Waals surface area contributed by atoms with Crippen LogP contribution in [0.4, 0.5) is 5.69 Å². The standard InChI is InChI=1S/C12H19NO3S/c1-9(2)12(8-14)13-10-4-6-11(7-5-10)17(3,15)16/h4-7,9,12-14H,8H2,1-3H3/t12-/m1/s1. The van der Waals surface area contributed by atoms with E-state index in [-0.39, 0.29) is 12.6 Å². The summed E-state index contributed by atoms with van der Waals surface area (Å²) < 4.78 is 22.5. The second-order valence-corrected chi connectivity index (χ2v) is 6.49. The summed E-state index contributed by atoms with van der Waals surface area (Å²) in [5, 5.41) is 12.3. The van der Waals surface area contributed by atoms with Crippen molar-refractivity contribution in [2.24, 2.45) is 5.92 Å². The van der Waals surface area contributed by atoms with Crippen molar-refractivity contribution in [3.05, 3.63) is 24.3 Å². The van der Waals surface area contributed by atoms with E-state index in [1.54, 1.807) is 24.3 Å². The van der Waals surface area contributed by atoms with E-state index in [1.165, 1.54) is 6.26 Å². The molecule has 0 radical (unpaired) electrons. The van der Waals surface area contributed by atoms with Gasteiger partial charge in [-0.1, -0.05) is 13.8 Å². The van der Waals surface area contributed by atoms with Crippen LogP contribution in [-0.2, 0) is 9.84 Å². The van der Waals surface area contributed by atoms with Crippen LogP contribution in [-0.4, -0.2) is 32.4 Å². The van der Waals surface area contributed by atoms with Crippen molar-refractivity contribution in [2.75, 3.05) is 18.2 Å². The second-order valence-electron chi connectivity index (χ2n) is 4.47. The van der Waals surface area contributed by atoms with E-state index in [4.69, 9.17) is 0 Å². The van der Waals surface area contributed by atoms with Crippen LogP contribution >= 0.6 is 0 Å². The van der Waals surface area contributed by atoms with Crippen molar-refractivity contribution in [1.82, 2.24) is 0 Å². The molecule has 0 heterocycles. The van der Waals surface area contributed by atoms with Gasteiger partial charge in [0.15, 0.2) is 9.84 Å². The fourth-order valence-corrected chi connectivity index (χ4v) is 2.07. The Kier molecular flexibility index (Phi) is 4.54. The van der Waals surface area contributed by atoms with E-state index < -0.39 is 9.84 Å². The number of hydrogen-bond donors (Lipinski definition) is 2. The molecule has 0 aliphatic rings. The van der Waals surface area contributed by atoms with Gasteiger partial charge in [0, 0.05) is 11.9 Å². The molecule has 0 aromatic heterocycles. The van der Waals surface area contributed by atoms with Crippen LogP contribution in [0, 0.1) is 5.92 Å². The lowest BCUT2D eigenvalue weighted by Gasteiger charge is -2.21. The predicted octanol–water partition coefficient (Wildman–Crippen LogP) is 1.52. The van der Waals surface area contributed by atoms with Gasteiger partial charge in [0.05, 0.1) is 17.5 Å². The Balaban J connectivity index is 2.82. The maximum absolute atomic E-state index is 11.3. The summed E-state index contributed by atoms with van der Waals surface area (Å²) in [5.74, 6) is 0.301. The van der Waals surface area contributed by atoms with Crippen molar-refractivity contribution in [1.29, 1.82) is 0 Å². The van der Waals surface area contributed by atoms with Gasteiger partial charge in [0.2, 0.25) is 0 Å². The molecule has 0 saturated carbocycles. The maximum atomic E-state index is 11.3. The largest absolute Gasteiger partial charge is 0.394 e. The molecule has 0 unspecified atom stereocenters. The number of aliphatic hydroxyl groups is 1. The number of sulfone groups is 1. The third-order valence-corrected chi connectivity index (χ3v) is 3.76. The third-order valence-electron chi connectivity index (χ3n) is 2.64. The summed E-state index contributed by atoms with van der Waals surface area (Å²) in [7, 11) is -3.15. The fourth-order valence-electron chi connectivity index (χ4n) is 1.44. The van der Waals surface area contributed by atoms with E-state index in [0.29, 0.717) is 10.8 Å². The molecular formula is C12H19NO3S. The van der Waals surface area contributed by atoms with Crippen LogP contribution < -0.4 is 5.32 Å². The van der Waals surface area contributed by atoms with Gasteiger partial charge in [0.1, 0.15) is 0 Å². The second kappa shape index (κ2) is 5.51. The number of hydrogen-bond acceptors (Lipinski definition) is 4. The number of aliphatic hydroxyl groups excluding tert-OH is 1. The van der Waals surface area contributed by atoms with Gasteiger partial charge in [-0.25, -0.2) is 8.42 Å². The summed E-state index contributed by atoms with van der Waals surface area (Å²) in [6.45, 7) is 4.07. The molecule has 2 N–H and O–H groups in total. The molecule has 0 amide bonds. The maximum Gasteiger partial charge on any atom is 0.175 e. The highest BCUT2D eigenvalue weighted by molar-refractivity contribution is 7.90. The average molecular weight is 257 g/mol. The summed E-state index contributed by atoms with van der Waals surface area (Å²) in [6.07, 6.45) is 1.18. The first-order valence-electron chi connectivity index (χ1n) is 5.52. The molecule has 5 heteroatoms. The van der Waals surface area contributed by atoms with Crippen LogP contribution in [0.25, 0.3) is 0 Å². The smallest absolute Gasteiger partial charge is 0.175 e. The SMILES string of the molecule is CC(C)[C@@H](CO)Nc1ccc(S(C)(=O)=O)cc1. The first kappa shape index (κ1) is 14.0. The van der Waals surface area contributed by atoms with Crippen LogP contribution in [0.5, 0.6) is 0 Å². The minimum atomic E-state index is -3.15. The molecule has 0 saturated heterocycles. The van der Waals surface area contributed by atoms with Gasteiger partial charge >= 0.3 is 0 Å². The molecule has 0 aliphatic heterocycles. The number of rotatable bonds is 5. The van der Waals surface area contributed by atoms with Crippen LogP contribution in [0.15, 0.2) is 29.2 Å². The van der Waals surface area contributed by atoms with Crippen molar-refractivity contribution < 1.29 is 13.5 Å². The van der Waals surface area contributed by atoms with Crippen LogP contribution in [0.3, 0.4) is 0 Å². The monoisotopic (exact) mass is 257 g/mol. The molecule has 1 rings (SSSR count). The Labute approximate surface area is 103 Å². The quantitative estimate of drug-likeness (QED) is 0.839. The zero-order valence-corrected chi connectivity index (χ0v) is 11.2. The van der Waals surface area contributed by atoms with Crippen molar-refractivity contribution in [3.8, 4) is 0 Å². The lowest BCUT2D eigenvalue weighted by Crippen LogP contribution is -2.29. The predicted molar refractivity (Wildman–Crippen MR) is 68.9 cm³/mol. The minimum absolute atomic E-state index is 0.0286. The molecule has 4 nitrogen and oxygen atoms in total. The van der Waals surface area contributed by atoms with Crippen molar-refractivity contribution in [2.45, 2.75) is 24.8 Å². The minimum Gasteiger partial charge on any atom is -0.394 e. The fraction of sp³-hybridized carbons (Fsp3) is 0.500. The molecule has 1 atom stereocenters. The Bertz CT molecular complexity index is 451. The zero-order valence-electron chi connectivity index (χ0n) is 10.3. The Morgan fingerprint density at radius 1 is 1.24 bits per heavy atom. The van der Waals surface area contributed by atoms with Gasteiger partial charge in [-0.15, -0.1) is 0 Å². The lowest BCUT2D eigenvalue weighted by molar-refractivity contribution is 0.249. The number of nitrogens with one attached hydrogen (secondary N) is 1. The third kappa shape index (κ3) is 4.02. The molecule has 17 heavy (non-hydrogen) atoms. The molecule has 96 valence electrons. The summed E-state index contributed by atoms with van der Waals surface area (Å²) in [6, 6.07) is 6.51. The van der Waals surface area contributed by atoms with E-state index in [0.717, 1.165) is 5.69 Å². The highest BCUT2D eigenvalue weighted by atomic mass is 32.2. The molecule has 1 aromatic carbocycles. The highest BCUT2D eigenvalue weighted by Gasteiger charge is 2.12. The molecule has 1 aromatic rings. The van der Waals surface area contributed by atoms with E-state index in [9.17, 15) is 13.5 Å². The first-order valence-corrected chi connectivity index (χ1v) is 7.41. The van der Waals surface area contributed by atoms with Gasteiger partial charge in [0.25, 0.3) is 0 Å². The average Bonchev–Trinajstić information content (AvgIpc) is 2.25. The summed E-state index contributed by atoms with van der Waals surface area (Å²) in [5.41, 5.74) is 0.810. The Hall–Kier alpha value is -1.07. The highest BCUT2D eigenvalue weighted by Crippen LogP contribution is 2.16. The number of anilines is 1. The van der Waals surface area contributed by atoms with Crippen molar-refractivity contribution >= 4 is 15.5 Å². The van der Waals surface area contributed by atoms with Crippen molar-refractivity contribution in [3.63, 3.8) is 0 Å². The molecular weight excluding hydrogens is 238 g/mol. The Morgan fingerprint density at radius 2 is 1.76 bits per heavy atom. The molecule has 0 fully saturated rings. The van der Waals surface area contributed by atoms with E-state index in [1.807, 2.05) is 13.8 Å². The zero-order chi connectivity index (χ0) is 13.1. The van der Waals surface area contributed by atoms with E-state index in [2.05, 4.69) is 5.32 Å². The topological polar surface area (TPSA) is 66.4 Å². The Morgan fingerprint density at radius 3 is 2.12 bits per heavy atom. The van der Waals surface area contributed by atoms with Gasteiger partial charge < -0.3 is 10.4 Å². The first-order chi connectivity index (χ1) is 7.84. The van der Waals surface area contributed by atoms with Gasteiger partial charge in [-0.05, 0) is 30.2 Å². The van der Waals surface area contributed by atoms with Gasteiger partial charge in [-0.3, -0.25) is 0 Å². The molecule has 0 spiro atoms. The lowest BCUT2D eigenvalue weighted by atomic mass is 10.1. The molecule has 0 aliphatic carbocycles. The van der Waals surface area contributed by atoms with Gasteiger partial charge in [-0.2, -0.15) is 0 Å². The van der Waals surface area contributed by atoms with Crippen LogP contribution in [0.2, 0.25) is 0 Å². The summed E-state index contributed by atoms with van der Waals surface area (Å²) >= 11 is 0.